The first-order valence-corrected chi connectivity index (χ1v) is 10.2. The topological polar surface area (TPSA) is 88.2 Å². The molecule has 1 aromatic carbocycles. The minimum atomic E-state index is -3.37. The van der Waals surface area contributed by atoms with Crippen LogP contribution >= 0.6 is 0 Å². The lowest BCUT2D eigenvalue weighted by molar-refractivity contribution is 0.0955. The Hall–Kier alpha value is -1.84. The third kappa shape index (κ3) is 5.09. The van der Waals surface area contributed by atoms with Crippen molar-refractivity contribution in [2.24, 2.45) is 0 Å². The van der Waals surface area contributed by atoms with Crippen molar-refractivity contribution in [2.45, 2.75) is 6.92 Å². The Morgan fingerprint density at radius 2 is 1.77 bits per heavy atom. The lowest BCUT2D eigenvalue weighted by atomic mass is 10.2. The molecule has 1 heterocycles. The van der Waals surface area contributed by atoms with Crippen LogP contribution in [0.25, 0.3) is 0 Å². The van der Waals surface area contributed by atoms with Crippen LogP contribution in [-0.4, -0.2) is 82.8 Å². The Kier molecular flexibility index (Phi) is 7.24. The van der Waals surface area contributed by atoms with E-state index in [4.69, 9.17) is 9.47 Å². The van der Waals surface area contributed by atoms with Crippen LogP contribution < -0.4 is 14.8 Å². The normalized spacial score (nSPS) is 16.3. The van der Waals surface area contributed by atoms with Crippen LogP contribution in [0, 0.1) is 0 Å². The molecule has 0 radical (unpaired) electrons. The first kappa shape index (κ1) is 20.5. The molecule has 0 unspecified atom stereocenters. The van der Waals surface area contributed by atoms with Crippen molar-refractivity contribution in [3.63, 3.8) is 0 Å². The number of ether oxygens (including phenoxy) is 2. The van der Waals surface area contributed by atoms with E-state index in [1.165, 1.54) is 18.5 Å². The summed E-state index contributed by atoms with van der Waals surface area (Å²) in [6, 6.07) is 4.81. The molecule has 1 aliphatic heterocycles. The van der Waals surface area contributed by atoms with Gasteiger partial charge in [0.25, 0.3) is 5.91 Å². The molecule has 1 amide bonds. The summed E-state index contributed by atoms with van der Waals surface area (Å²) in [6.07, 6.45) is 0. The van der Waals surface area contributed by atoms with Gasteiger partial charge in [0.2, 0.25) is 10.0 Å². The first-order valence-electron chi connectivity index (χ1n) is 8.61. The fourth-order valence-electron chi connectivity index (χ4n) is 2.83. The van der Waals surface area contributed by atoms with Crippen molar-refractivity contribution < 1.29 is 22.7 Å². The number of sulfonamides is 1. The van der Waals surface area contributed by atoms with Gasteiger partial charge in [-0.25, -0.2) is 8.42 Å². The molecule has 1 fully saturated rings. The number of amides is 1. The molecular weight excluding hydrogens is 358 g/mol. The SMILES string of the molecule is CCN1CCN(S(=O)(=O)CCNC(=O)c2ccc(OC)c(OC)c2)CC1. The Morgan fingerprint density at radius 3 is 2.35 bits per heavy atom. The summed E-state index contributed by atoms with van der Waals surface area (Å²) in [5.74, 6) is 0.509. The first-order chi connectivity index (χ1) is 12.4. The van der Waals surface area contributed by atoms with Gasteiger partial charge in [0.15, 0.2) is 11.5 Å². The van der Waals surface area contributed by atoms with Crippen molar-refractivity contribution in [3.05, 3.63) is 23.8 Å². The van der Waals surface area contributed by atoms with E-state index in [2.05, 4.69) is 17.1 Å². The quantitative estimate of drug-likeness (QED) is 0.697. The van der Waals surface area contributed by atoms with E-state index >= 15 is 0 Å². The number of nitrogens with one attached hydrogen (secondary N) is 1. The lowest BCUT2D eigenvalue weighted by Crippen LogP contribution is -2.49. The predicted molar refractivity (Wildman–Crippen MR) is 99.4 cm³/mol. The maximum Gasteiger partial charge on any atom is 0.251 e. The van der Waals surface area contributed by atoms with E-state index in [1.807, 2.05) is 0 Å². The largest absolute Gasteiger partial charge is 0.493 e. The van der Waals surface area contributed by atoms with Crippen molar-refractivity contribution in [1.82, 2.24) is 14.5 Å². The van der Waals surface area contributed by atoms with Crippen molar-refractivity contribution >= 4 is 15.9 Å². The Balaban J connectivity index is 1.88. The number of likely N-dealkylation sites (N-methyl/N-ethyl adjacent to an activating group) is 1. The number of methoxy groups -OCH3 is 2. The molecule has 1 aromatic rings. The fourth-order valence-corrected chi connectivity index (χ4v) is 4.16. The summed E-state index contributed by atoms with van der Waals surface area (Å²) in [7, 11) is -0.362. The summed E-state index contributed by atoms with van der Waals surface area (Å²) in [5, 5.41) is 2.65. The average molecular weight is 385 g/mol. The Morgan fingerprint density at radius 1 is 1.12 bits per heavy atom. The van der Waals surface area contributed by atoms with Gasteiger partial charge in [0.05, 0.1) is 20.0 Å². The van der Waals surface area contributed by atoms with Gasteiger partial charge < -0.3 is 19.7 Å². The second-order valence-electron chi connectivity index (χ2n) is 5.97. The van der Waals surface area contributed by atoms with Gasteiger partial charge in [0, 0.05) is 38.3 Å². The number of hydrogen-bond acceptors (Lipinski definition) is 6. The molecule has 0 atom stereocenters. The molecule has 0 saturated carbocycles. The number of carbonyl (C=O) groups is 1. The van der Waals surface area contributed by atoms with Crippen molar-refractivity contribution in [2.75, 3.05) is 59.2 Å². The summed E-state index contributed by atoms with van der Waals surface area (Å²) in [4.78, 5) is 14.4. The van der Waals surface area contributed by atoms with E-state index in [1.54, 1.807) is 18.2 Å². The highest BCUT2D eigenvalue weighted by Crippen LogP contribution is 2.27. The van der Waals surface area contributed by atoms with Crippen LogP contribution in [0.2, 0.25) is 0 Å². The fraction of sp³-hybridized carbons (Fsp3) is 0.588. The zero-order chi connectivity index (χ0) is 19.2. The summed E-state index contributed by atoms with van der Waals surface area (Å²) in [6.45, 7) is 5.54. The second-order valence-corrected chi connectivity index (χ2v) is 8.06. The third-order valence-electron chi connectivity index (χ3n) is 4.46. The monoisotopic (exact) mass is 385 g/mol. The van der Waals surface area contributed by atoms with E-state index in [0.717, 1.165) is 19.6 Å². The van der Waals surface area contributed by atoms with Crippen LogP contribution in [0.4, 0.5) is 0 Å². The van der Waals surface area contributed by atoms with Crippen molar-refractivity contribution in [1.29, 1.82) is 0 Å². The number of hydrogen-bond donors (Lipinski definition) is 1. The lowest BCUT2D eigenvalue weighted by Gasteiger charge is -2.33. The second kappa shape index (κ2) is 9.20. The van der Waals surface area contributed by atoms with Gasteiger partial charge in [-0.2, -0.15) is 4.31 Å². The summed E-state index contributed by atoms with van der Waals surface area (Å²) < 4.78 is 36.6. The number of nitrogens with zero attached hydrogens (tertiary/aromatic N) is 2. The molecule has 8 nitrogen and oxygen atoms in total. The summed E-state index contributed by atoms with van der Waals surface area (Å²) in [5.41, 5.74) is 0.386. The number of benzene rings is 1. The molecule has 1 saturated heterocycles. The van der Waals surface area contributed by atoms with Gasteiger partial charge >= 0.3 is 0 Å². The van der Waals surface area contributed by atoms with E-state index in [9.17, 15) is 13.2 Å². The molecule has 146 valence electrons. The number of piperazine rings is 1. The van der Waals surface area contributed by atoms with Gasteiger partial charge in [-0.15, -0.1) is 0 Å². The molecule has 0 aliphatic carbocycles. The molecule has 0 bridgehead atoms. The van der Waals surface area contributed by atoms with Gasteiger partial charge in [-0.05, 0) is 24.7 Å². The van der Waals surface area contributed by atoms with Gasteiger partial charge in [0.1, 0.15) is 0 Å². The molecule has 26 heavy (non-hydrogen) atoms. The minimum absolute atomic E-state index is 0.0590. The maximum absolute atomic E-state index is 12.4. The minimum Gasteiger partial charge on any atom is -0.493 e. The smallest absolute Gasteiger partial charge is 0.251 e. The van der Waals surface area contributed by atoms with E-state index in [0.29, 0.717) is 30.2 Å². The highest BCUT2D eigenvalue weighted by atomic mass is 32.2. The number of rotatable bonds is 8. The molecule has 0 spiro atoms. The zero-order valence-electron chi connectivity index (χ0n) is 15.5. The molecule has 9 heteroatoms. The Bertz CT molecular complexity index is 715. The van der Waals surface area contributed by atoms with Gasteiger partial charge in [-0.1, -0.05) is 6.92 Å². The maximum atomic E-state index is 12.4. The highest BCUT2D eigenvalue weighted by molar-refractivity contribution is 7.89. The predicted octanol–water partition coefficient (Wildman–Crippen LogP) is 0.401. The zero-order valence-corrected chi connectivity index (χ0v) is 16.3. The Labute approximate surface area is 155 Å². The summed E-state index contributed by atoms with van der Waals surface area (Å²) >= 11 is 0. The number of carbonyl (C=O) groups excluding carboxylic acids is 1. The highest BCUT2D eigenvalue weighted by Gasteiger charge is 2.26. The van der Waals surface area contributed by atoms with Crippen LogP contribution in [0.3, 0.4) is 0 Å². The van der Waals surface area contributed by atoms with Crippen molar-refractivity contribution in [3.8, 4) is 11.5 Å². The van der Waals surface area contributed by atoms with Crippen LogP contribution in [-0.2, 0) is 10.0 Å². The molecule has 1 N–H and O–H groups in total. The van der Waals surface area contributed by atoms with Crippen LogP contribution in [0.15, 0.2) is 18.2 Å². The van der Waals surface area contributed by atoms with Crippen LogP contribution in [0.1, 0.15) is 17.3 Å². The van der Waals surface area contributed by atoms with Crippen LogP contribution in [0.5, 0.6) is 11.5 Å². The van der Waals surface area contributed by atoms with Gasteiger partial charge in [-0.3, -0.25) is 4.79 Å². The average Bonchev–Trinajstić information content (AvgIpc) is 2.67. The molecule has 1 aliphatic rings. The third-order valence-corrected chi connectivity index (χ3v) is 6.34. The van der Waals surface area contributed by atoms with E-state index in [-0.39, 0.29) is 18.2 Å². The molecule has 2 rings (SSSR count). The van der Waals surface area contributed by atoms with E-state index < -0.39 is 10.0 Å². The molecule has 0 aromatic heterocycles. The standard InChI is InChI=1S/C17H27N3O5S/c1-4-19-8-10-20(11-9-19)26(22,23)12-7-18-17(21)14-5-6-15(24-2)16(13-14)25-3/h5-6,13H,4,7-12H2,1-3H3,(H,18,21). The molecular formula is C17H27N3O5S.